The van der Waals surface area contributed by atoms with E-state index in [0.717, 1.165) is 39.1 Å². The van der Waals surface area contributed by atoms with Gasteiger partial charge in [-0.05, 0) is 24.9 Å². The topological polar surface area (TPSA) is 47.0 Å². The number of piperazine rings is 1. The number of nitrogens with zero attached hydrogens (tertiary/aromatic N) is 3. The Morgan fingerprint density at radius 1 is 1.28 bits per heavy atom. The first-order chi connectivity index (χ1) is 12.0. The van der Waals surface area contributed by atoms with E-state index in [2.05, 4.69) is 35.8 Å². The Labute approximate surface area is 152 Å². The maximum atomic E-state index is 12.7. The van der Waals surface area contributed by atoms with E-state index in [-0.39, 0.29) is 18.6 Å². The molecular weight excluding hydrogens is 314 g/mol. The third-order valence-electron chi connectivity index (χ3n) is 4.72. The average molecular weight is 348 g/mol. The molecule has 0 unspecified atom stereocenters. The molecular formula is C20H33N3O2. The van der Waals surface area contributed by atoms with Gasteiger partial charge in [0.25, 0.3) is 0 Å². The van der Waals surface area contributed by atoms with Crippen molar-refractivity contribution < 1.29 is 9.90 Å². The molecule has 1 saturated heterocycles. The van der Waals surface area contributed by atoms with Crippen LogP contribution < -0.4 is 0 Å². The highest BCUT2D eigenvalue weighted by molar-refractivity contribution is 5.78. The van der Waals surface area contributed by atoms with E-state index in [4.69, 9.17) is 0 Å². The Bertz CT molecular complexity index is 521. The number of hydrogen-bond acceptors (Lipinski definition) is 4. The Kier molecular flexibility index (Phi) is 7.88. The zero-order valence-electron chi connectivity index (χ0n) is 15.9. The summed E-state index contributed by atoms with van der Waals surface area (Å²) in [5.74, 6) is 0.783. The van der Waals surface area contributed by atoms with Gasteiger partial charge in [-0.1, -0.05) is 44.2 Å². The maximum absolute atomic E-state index is 12.7. The molecule has 1 aliphatic heterocycles. The minimum absolute atomic E-state index is 0.176. The standard InChI is InChI=1S/C20H33N3O2/c1-17(2)13-22-10-11-23(15-19(22)9-12-24)20(25)16-21(3)14-18-7-5-4-6-8-18/h4-8,17,19,24H,9-16H2,1-3H3/t19-/m1/s1. The molecule has 5 heteroatoms. The van der Waals surface area contributed by atoms with Crippen LogP contribution in [-0.2, 0) is 11.3 Å². The van der Waals surface area contributed by atoms with Gasteiger partial charge in [0.1, 0.15) is 0 Å². The van der Waals surface area contributed by atoms with Crippen molar-refractivity contribution in [3.63, 3.8) is 0 Å². The van der Waals surface area contributed by atoms with Crippen molar-refractivity contribution in [1.82, 2.24) is 14.7 Å². The second kappa shape index (κ2) is 9.90. The SMILES string of the molecule is CC(C)CN1CCN(C(=O)CN(C)Cc2ccccc2)C[C@H]1CCO. The highest BCUT2D eigenvalue weighted by atomic mass is 16.3. The Hall–Kier alpha value is -1.43. The summed E-state index contributed by atoms with van der Waals surface area (Å²) in [6.07, 6.45) is 0.732. The van der Waals surface area contributed by atoms with E-state index in [1.807, 2.05) is 30.1 Å². The lowest BCUT2D eigenvalue weighted by molar-refractivity contribution is -0.135. The number of rotatable bonds is 8. The molecule has 1 heterocycles. The first-order valence-electron chi connectivity index (χ1n) is 9.34. The second-order valence-corrected chi connectivity index (χ2v) is 7.55. The number of aliphatic hydroxyl groups is 1. The van der Waals surface area contributed by atoms with Crippen molar-refractivity contribution in [1.29, 1.82) is 0 Å². The molecule has 1 N–H and O–H groups in total. The number of amides is 1. The molecule has 5 nitrogen and oxygen atoms in total. The summed E-state index contributed by atoms with van der Waals surface area (Å²) >= 11 is 0. The van der Waals surface area contributed by atoms with Gasteiger partial charge >= 0.3 is 0 Å². The minimum atomic E-state index is 0.176. The van der Waals surface area contributed by atoms with Gasteiger partial charge in [-0.15, -0.1) is 0 Å². The van der Waals surface area contributed by atoms with Crippen LogP contribution in [0.1, 0.15) is 25.8 Å². The predicted molar refractivity (Wildman–Crippen MR) is 101 cm³/mol. The van der Waals surface area contributed by atoms with E-state index in [9.17, 15) is 9.90 Å². The van der Waals surface area contributed by atoms with E-state index >= 15 is 0 Å². The molecule has 140 valence electrons. The van der Waals surface area contributed by atoms with Crippen molar-refractivity contribution in [3.8, 4) is 0 Å². The maximum Gasteiger partial charge on any atom is 0.236 e. The zero-order valence-corrected chi connectivity index (χ0v) is 15.9. The van der Waals surface area contributed by atoms with E-state index in [1.54, 1.807) is 0 Å². The zero-order chi connectivity index (χ0) is 18.2. The molecule has 1 atom stereocenters. The molecule has 0 radical (unpaired) electrons. The number of carbonyl (C=O) groups excluding carboxylic acids is 1. The van der Waals surface area contributed by atoms with Crippen LogP contribution in [0.2, 0.25) is 0 Å². The smallest absolute Gasteiger partial charge is 0.236 e. The second-order valence-electron chi connectivity index (χ2n) is 7.55. The van der Waals surface area contributed by atoms with Gasteiger partial charge in [0, 0.05) is 45.4 Å². The van der Waals surface area contributed by atoms with Crippen molar-refractivity contribution >= 4 is 5.91 Å². The molecule has 0 aromatic heterocycles. The number of hydrogen-bond donors (Lipinski definition) is 1. The predicted octanol–water partition coefficient (Wildman–Crippen LogP) is 1.67. The fourth-order valence-electron chi connectivity index (χ4n) is 3.53. The molecule has 0 bridgehead atoms. The molecule has 25 heavy (non-hydrogen) atoms. The largest absolute Gasteiger partial charge is 0.396 e. The summed E-state index contributed by atoms with van der Waals surface area (Å²) in [7, 11) is 1.99. The Morgan fingerprint density at radius 2 is 2.00 bits per heavy atom. The van der Waals surface area contributed by atoms with Crippen LogP contribution in [0.4, 0.5) is 0 Å². The molecule has 1 amide bonds. The lowest BCUT2D eigenvalue weighted by atomic mass is 10.1. The van der Waals surface area contributed by atoms with Crippen molar-refractivity contribution in [2.75, 3.05) is 46.4 Å². The lowest BCUT2D eigenvalue weighted by Crippen LogP contribution is -2.56. The lowest BCUT2D eigenvalue weighted by Gasteiger charge is -2.42. The van der Waals surface area contributed by atoms with Crippen LogP contribution in [0.15, 0.2) is 30.3 Å². The molecule has 1 aliphatic rings. The summed E-state index contributed by atoms with van der Waals surface area (Å²) in [4.78, 5) is 19.1. The fourth-order valence-corrected chi connectivity index (χ4v) is 3.53. The van der Waals surface area contributed by atoms with Crippen LogP contribution in [0.3, 0.4) is 0 Å². The van der Waals surface area contributed by atoms with Gasteiger partial charge in [0.2, 0.25) is 5.91 Å². The number of likely N-dealkylation sites (N-methyl/N-ethyl adjacent to an activating group) is 1. The van der Waals surface area contributed by atoms with Crippen LogP contribution in [0.25, 0.3) is 0 Å². The molecule has 1 fully saturated rings. The van der Waals surface area contributed by atoms with Gasteiger partial charge < -0.3 is 10.0 Å². The summed E-state index contributed by atoms with van der Waals surface area (Å²) in [5, 5.41) is 9.37. The third-order valence-corrected chi connectivity index (χ3v) is 4.72. The van der Waals surface area contributed by atoms with Gasteiger partial charge in [0.05, 0.1) is 6.54 Å². The Morgan fingerprint density at radius 3 is 2.64 bits per heavy atom. The minimum Gasteiger partial charge on any atom is -0.396 e. The monoisotopic (exact) mass is 347 g/mol. The molecule has 0 spiro atoms. The average Bonchev–Trinajstić information content (AvgIpc) is 2.57. The van der Waals surface area contributed by atoms with Crippen LogP contribution in [-0.4, -0.2) is 78.1 Å². The van der Waals surface area contributed by atoms with Crippen molar-refractivity contribution in [2.45, 2.75) is 32.9 Å². The summed E-state index contributed by atoms with van der Waals surface area (Å²) in [6.45, 7) is 9.26. The molecule has 0 saturated carbocycles. The highest BCUT2D eigenvalue weighted by Crippen LogP contribution is 2.15. The van der Waals surface area contributed by atoms with E-state index in [0.29, 0.717) is 12.5 Å². The van der Waals surface area contributed by atoms with Gasteiger partial charge in [-0.2, -0.15) is 0 Å². The quantitative estimate of drug-likeness (QED) is 0.777. The fraction of sp³-hybridized carbons (Fsp3) is 0.650. The number of aliphatic hydroxyl groups excluding tert-OH is 1. The highest BCUT2D eigenvalue weighted by Gasteiger charge is 2.29. The number of carbonyl (C=O) groups is 1. The summed E-state index contributed by atoms with van der Waals surface area (Å²) in [5.41, 5.74) is 1.22. The normalized spacial score (nSPS) is 19.0. The molecule has 1 aromatic rings. The molecule has 0 aliphatic carbocycles. The van der Waals surface area contributed by atoms with Crippen LogP contribution >= 0.6 is 0 Å². The van der Waals surface area contributed by atoms with E-state index < -0.39 is 0 Å². The first kappa shape index (κ1) is 19.9. The van der Waals surface area contributed by atoms with Gasteiger partial charge in [-0.3, -0.25) is 14.6 Å². The summed E-state index contributed by atoms with van der Waals surface area (Å²) in [6, 6.07) is 10.5. The van der Waals surface area contributed by atoms with Gasteiger partial charge in [0.15, 0.2) is 0 Å². The van der Waals surface area contributed by atoms with E-state index in [1.165, 1.54) is 5.56 Å². The van der Waals surface area contributed by atoms with Crippen LogP contribution in [0.5, 0.6) is 0 Å². The van der Waals surface area contributed by atoms with Crippen molar-refractivity contribution in [3.05, 3.63) is 35.9 Å². The first-order valence-corrected chi connectivity index (χ1v) is 9.34. The van der Waals surface area contributed by atoms with Crippen molar-refractivity contribution in [2.24, 2.45) is 5.92 Å². The Balaban J connectivity index is 1.86. The number of benzene rings is 1. The van der Waals surface area contributed by atoms with Gasteiger partial charge in [-0.25, -0.2) is 0 Å². The summed E-state index contributed by atoms with van der Waals surface area (Å²) < 4.78 is 0. The molecule has 1 aromatic carbocycles. The third kappa shape index (κ3) is 6.42. The van der Waals surface area contributed by atoms with Crippen LogP contribution in [0, 0.1) is 5.92 Å². The molecule has 2 rings (SSSR count).